The first-order valence-electron chi connectivity index (χ1n) is 5.75. The van der Waals surface area contributed by atoms with E-state index in [0.717, 1.165) is 0 Å². The van der Waals surface area contributed by atoms with Crippen molar-refractivity contribution in [2.45, 2.75) is 19.9 Å². The van der Waals surface area contributed by atoms with Crippen LogP contribution >= 0.6 is 0 Å². The third-order valence-corrected chi connectivity index (χ3v) is 2.10. The highest BCUT2D eigenvalue weighted by atomic mass is 16.2. The molecule has 0 fully saturated rings. The number of carbonyl (C=O) groups excluding carboxylic acids is 2. The molecule has 1 aromatic heterocycles. The van der Waals surface area contributed by atoms with Gasteiger partial charge in [-0.05, 0) is 26.0 Å². The summed E-state index contributed by atoms with van der Waals surface area (Å²) in [6.45, 7) is 3.66. The number of amides is 2. The molecule has 18 heavy (non-hydrogen) atoms. The zero-order valence-corrected chi connectivity index (χ0v) is 10.8. The van der Waals surface area contributed by atoms with Crippen LogP contribution in [0.5, 0.6) is 0 Å². The Labute approximate surface area is 106 Å². The van der Waals surface area contributed by atoms with E-state index in [0.29, 0.717) is 5.82 Å². The highest BCUT2D eigenvalue weighted by Crippen LogP contribution is 2.03. The minimum Gasteiger partial charge on any atom is -0.373 e. The number of hydrogen-bond acceptors (Lipinski definition) is 4. The van der Waals surface area contributed by atoms with Crippen LogP contribution in [0, 0.1) is 0 Å². The summed E-state index contributed by atoms with van der Waals surface area (Å²) in [5, 5.41) is 8.04. The van der Waals surface area contributed by atoms with Crippen molar-refractivity contribution in [3.63, 3.8) is 0 Å². The summed E-state index contributed by atoms with van der Waals surface area (Å²) < 4.78 is 0. The van der Waals surface area contributed by atoms with Crippen molar-refractivity contribution in [1.82, 2.24) is 15.6 Å². The van der Waals surface area contributed by atoms with Crippen LogP contribution in [0.1, 0.15) is 24.3 Å². The molecule has 0 spiro atoms. The average Bonchev–Trinajstić information content (AvgIpc) is 2.35. The lowest BCUT2D eigenvalue weighted by Gasteiger charge is -2.09. The molecule has 0 bridgehead atoms. The molecule has 0 aliphatic carbocycles. The largest absolute Gasteiger partial charge is 0.373 e. The second kappa shape index (κ2) is 6.58. The van der Waals surface area contributed by atoms with Crippen molar-refractivity contribution >= 4 is 17.6 Å². The van der Waals surface area contributed by atoms with Gasteiger partial charge in [-0.15, -0.1) is 0 Å². The van der Waals surface area contributed by atoms with Gasteiger partial charge in [0.1, 0.15) is 11.5 Å². The third-order valence-electron chi connectivity index (χ3n) is 2.10. The molecule has 3 N–H and O–H groups in total. The molecule has 1 aromatic rings. The van der Waals surface area contributed by atoms with Crippen LogP contribution in [-0.4, -0.2) is 36.4 Å². The summed E-state index contributed by atoms with van der Waals surface area (Å²) in [5.41, 5.74) is 0.277. The van der Waals surface area contributed by atoms with E-state index in [1.807, 2.05) is 13.8 Å². The van der Waals surface area contributed by atoms with Crippen molar-refractivity contribution in [1.29, 1.82) is 0 Å². The Morgan fingerprint density at radius 2 is 2.06 bits per heavy atom. The van der Waals surface area contributed by atoms with Crippen LogP contribution in [0.15, 0.2) is 18.2 Å². The van der Waals surface area contributed by atoms with Gasteiger partial charge in [0, 0.05) is 13.1 Å². The predicted molar refractivity (Wildman–Crippen MR) is 69.4 cm³/mol. The first-order valence-corrected chi connectivity index (χ1v) is 5.75. The van der Waals surface area contributed by atoms with Gasteiger partial charge in [-0.3, -0.25) is 9.59 Å². The van der Waals surface area contributed by atoms with Crippen molar-refractivity contribution in [2.24, 2.45) is 0 Å². The minimum absolute atomic E-state index is 0.0531. The summed E-state index contributed by atoms with van der Waals surface area (Å²) in [7, 11) is 1.72. The molecule has 0 saturated carbocycles. The Kier molecular flexibility index (Phi) is 5.10. The highest BCUT2D eigenvalue weighted by molar-refractivity contribution is 5.95. The van der Waals surface area contributed by atoms with Crippen molar-refractivity contribution in [2.75, 3.05) is 18.9 Å². The van der Waals surface area contributed by atoms with Crippen LogP contribution in [0.2, 0.25) is 0 Å². The van der Waals surface area contributed by atoms with E-state index < -0.39 is 0 Å². The molecule has 0 aliphatic heterocycles. The number of nitrogens with one attached hydrogen (secondary N) is 3. The molecule has 0 aliphatic rings. The van der Waals surface area contributed by atoms with Crippen LogP contribution < -0.4 is 16.0 Å². The van der Waals surface area contributed by atoms with Crippen molar-refractivity contribution < 1.29 is 9.59 Å². The zero-order valence-electron chi connectivity index (χ0n) is 10.8. The zero-order chi connectivity index (χ0) is 13.5. The number of nitrogens with zero attached hydrogens (tertiary/aromatic N) is 1. The smallest absolute Gasteiger partial charge is 0.270 e. The first-order chi connectivity index (χ1) is 8.52. The SMILES string of the molecule is CNc1cccc(C(=O)NCC(=O)NC(C)C)n1. The van der Waals surface area contributed by atoms with Crippen LogP contribution in [-0.2, 0) is 4.79 Å². The minimum atomic E-state index is -0.369. The van der Waals surface area contributed by atoms with Crippen LogP contribution in [0.4, 0.5) is 5.82 Å². The van der Waals surface area contributed by atoms with E-state index >= 15 is 0 Å². The average molecular weight is 250 g/mol. The maximum atomic E-state index is 11.7. The highest BCUT2D eigenvalue weighted by Gasteiger charge is 2.10. The fourth-order valence-electron chi connectivity index (χ4n) is 1.32. The quantitative estimate of drug-likeness (QED) is 0.705. The summed E-state index contributed by atoms with van der Waals surface area (Å²) in [4.78, 5) is 27.2. The fraction of sp³-hybridized carbons (Fsp3) is 0.417. The lowest BCUT2D eigenvalue weighted by atomic mass is 10.3. The Balaban J connectivity index is 2.52. The van der Waals surface area contributed by atoms with Gasteiger partial charge in [0.2, 0.25) is 5.91 Å². The predicted octanol–water partition coefficient (Wildman–Crippen LogP) is 0.378. The molecule has 1 rings (SSSR count). The molecule has 6 nitrogen and oxygen atoms in total. The van der Waals surface area contributed by atoms with E-state index in [4.69, 9.17) is 0 Å². The van der Waals surface area contributed by atoms with Crippen LogP contribution in [0.25, 0.3) is 0 Å². The van der Waals surface area contributed by atoms with E-state index in [1.54, 1.807) is 25.2 Å². The van der Waals surface area contributed by atoms with Gasteiger partial charge in [0.15, 0.2) is 0 Å². The Morgan fingerprint density at radius 3 is 2.67 bits per heavy atom. The monoisotopic (exact) mass is 250 g/mol. The molecule has 0 aromatic carbocycles. The molecule has 1 heterocycles. The number of aromatic nitrogens is 1. The molecular formula is C12H18N4O2. The third kappa shape index (κ3) is 4.40. The standard InChI is InChI=1S/C12H18N4O2/c1-8(2)15-11(17)7-14-12(18)9-5-4-6-10(13-3)16-9/h4-6,8H,7H2,1-3H3,(H,13,16)(H,14,18)(H,15,17). The topological polar surface area (TPSA) is 83.1 Å². The van der Waals surface area contributed by atoms with Gasteiger partial charge in [-0.1, -0.05) is 6.07 Å². The molecule has 2 amide bonds. The summed E-state index contributed by atoms with van der Waals surface area (Å²) in [6.07, 6.45) is 0. The molecule has 0 radical (unpaired) electrons. The molecule has 6 heteroatoms. The maximum absolute atomic E-state index is 11.7. The number of rotatable bonds is 5. The van der Waals surface area contributed by atoms with E-state index in [9.17, 15) is 9.59 Å². The van der Waals surface area contributed by atoms with Gasteiger partial charge in [-0.25, -0.2) is 4.98 Å². The lowest BCUT2D eigenvalue weighted by molar-refractivity contribution is -0.120. The normalized spacial score (nSPS) is 10.0. The summed E-state index contributed by atoms with van der Waals surface area (Å²) in [6, 6.07) is 5.13. The molecule has 98 valence electrons. The number of pyridine rings is 1. The fourth-order valence-corrected chi connectivity index (χ4v) is 1.32. The second-order valence-electron chi connectivity index (χ2n) is 4.06. The first kappa shape index (κ1) is 14.0. The lowest BCUT2D eigenvalue weighted by Crippen LogP contribution is -2.40. The maximum Gasteiger partial charge on any atom is 0.270 e. The molecular weight excluding hydrogens is 232 g/mol. The van der Waals surface area contributed by atoms with Gasteiger partial charge >= 0.3 is 0 Å². The van der Waals surface area contributed by atoms with Gasteiger partial charge in [0.05, 0.1) is 6.54 Å². The molecule has 0 saturated heterocycles. The van der Waals surface area contributed by atoms with E-state index in [1.165, 1.54) is 0 Å². The van der Waals surface area contributed by atoms with Gasteiger partial charge in [-0.2, -0.15) is 0 Å². The van der Waals surface area contributed by atoms with Crippen molar-refractivity contribution in [3.05, 3.63) is 23.9 Å². The number of hydrogen-bond donors (Lipinski definition) is 3. The van der Waals surface area contributed by atoms with Crippen molar-refractivity contribution in [3.8, 4) is 0 Å². The summed E-state index contributed by atoms with van der Waals surface area (Å²) in [5.74, 6) is 0.0170. The second-order valence-corrected chi connectivity index (χ2v) is 4.06. The van der Waals surface area contributed by atoms with E-state index in [2.05, 4.69) is 20.9 Å². The number of anilines is 1. The van der Waals surface area contributed by atoms with E-state index in [-0.39, 0.29) is 30.1 Å². The Bertz CT molecular complexity index is 432. The Hall–Kier alpha value is -2.11. The van der Waals surface area contributed by atoms with Gasteiger partial charge < -0.3 is 16.0 Å². The van der Waals surface area contributed by atoms with Gasteiger partial charge in [0.25, 0.3) is 5.91 Å². The number of carbonyl (C=O) groups is 2. The van der Waals surface area contributed by atoms with Crippen LogP contribution in [0.3, 0.4) is 0 Å². The molecule has 0 unspecified atom stereocenters. The Morgan fingerprint density at radius 1 is 1.33 bits per heavy atom. The molecule has 0 atom stereocenters. The summed E-state index contributed by atoms with van der Waals surface area (Å²) >= 11 is 0.